The normalized spacial score (nSPS) is 26.9. The maximum Gasteiger partial charge on any atom is 0.244 e. The number of guanidine groups is 1. The Bertz CT molecular complexity index is 1790. The molecule has 0 unspecified atom stereocenters. The van der Waals surface area contributed by atoms with Crippen molar-refractivity contribution in [2.24, 2.45) is 33.7 Å². The zero-order valence-corrected chi connectivity index (χ0v) is 42.4. The highest BCUT2D eigenvalue weighted by atomic mass is 32.1. The zero-order valence-electron chi connectivity index (χ0n) is 40.6. The van der Waals surface area contributed by atoms with Gasteiger partial charge in [0.2, 0.25) is 59.1 Å². The number of carbonyl (C=O) groups excluding carboxylic acids is 10. The second-order valence-electron chi connectivity index (χ2n) is 17.0. The lowest BCUT2D eigenvalue weighted by Gasteiger charge is -2.27. The summed E-state index contributed by atoms with van der Waals surface area (Å²) < 4.78 is 0. The fourth-order valence-corrected chi connectivity index (χ4v) is 7.21. The summed E-state index contributed by atoms with van der Waals surface area (Å²) in [5, 5.41) is 25.5. The molecular formula is C42H78N16O10S2. The van der Waals surface area contributed by atoms with Gasteiger partial charge in [-0.3, -0.25) is 52.9 Å². The standard InChI is InChI=1S/C42H78N16O10S2/c1-22-32(59)49-23(2)33(60)53-26(12-5-8-16-43)36(63)51-25(4)35(62)57-31(21-70)41(68)58-30(20-69)40(67)52-24(3)34(61)54-29(15-11-19-48-42(46)47)39(66)56-28(14-7-10-18-45)38(65)55-27(37(64)50-22)13-6-9-17-44/h22-31,69-70H,5-21,43-45H2,1-4H3,(H,49,59)(H,50,64)(H,51,63)(H,52,67)(H,53,60)(H,54,61)(H,55,65)(H,56,66)(H,57,62)(H,58,68)(H4,46,47,48)/t22-,23-,24-,25-,26-,27-,28-,29-,30-,31-/m0/s1. The molecule has 1 heterocycles. The van der Waals surface area contributed by atoms with E-state index in [1.807, 2.05) is 0 Å². The summed E-state index contributed by atoms with van der Waals surface area (Å²) >= 11 is 8.37. The molecule has 0 aliphatic carbocycles. The summed E-state index contributed by atoms with van der Waals surface area (Å²) in [4.78, 5) is 140. The number of nitrogens with zero attached hydrogens (tertiary/aromatic N) is 1. The number of carbonyl (C=O) groups is 10. The van der Waals surface area contributed by atoms with Crippen molar-refractivity contribution >= 4 is 90.3 Å². The molecule has 0 bridgehead atoms. The van der Waals surface area contributed by atoms with Crippen molar-refractivity contribution in [1.29, 1.82) is 0 Å². The topological polar surface area (TPSA) is 433 Å². The smallest absolute Gasteiger partial charge is 0.244 e. The van der Waals surface area contributed by atoms with Gasteiger partial charge >= 0.3 is 0 Å². The van der Waals surface area contributed by atoms with Crippen LogP contribution in [-0.4, -0.2) is 163 Å². The Morgan fingerprint density at radius 3 is 0.914 bits per heavy atom. The molecule has 1 rings (SSSR count). The van der Waals surface area contributed by atoms with Crippen LogP contribution in [0.3, 0.4) is 0 Å². The van der Waals surface area contributed by atoms with E-state index in [4.69, 9.17) is 28.7 Å². The predicted molar refractivity (Wildman–Crippen MR) is 268 cm³/mol. The summed E-state index contributed by atoms with van der Waals surface area (Å²) in [7, 11) is 0. The van der Waals surface area contributed by atoms with Crippen LogP contribution in [0.2, 0.25) is 0 Å². The Kier molecular flexibility index (Phi) is 30.4. The van der Waals surface area contributed by atoms with E-state index < -0.39 is 119 Å². The van der Waals surface area contributed by atoms with Crippen LogP contribution in [0.25, 0.3) is 0 Å². The van der Waals surface area contributed by atoms with Crippen LogP contribution >= 0.6 is 25.3 Å². The number of aliphatic imine (C=N–C) groups is 1. The number of nitrogens with two attached hydrogens (primary N) is 5. The Morgan fingerprint density at radius 2 is 0.600 bits per heavy atom. The second-order valence-corrected chi connectivity index (χ2v) is 17.7. The van der Waals surface area contributed by atoms with E-state index >= 15 is 0 Å². The third kappa shape index (κ3) is 23.4. The first kappa shape index (κ1) is 62.6. The first-order valence-corrected chi connectivity index (χ1v) is 24.8. The van der Waals surface area contributed by atoms with E-state index in [-0.39, 0.29) is 69.2 Å². The monoisotopic (exact) mass is 1030 g/mol. The van der Waals surface area contributed by atoms with E-state index in [0.717, 1.165) is 0 Å². The van der Waals surface area contributed by atoms with E-state index in [0.29, 0.717) is 45.1 Å². The largest absolute Gasteiger partial charge is 0.370 e. The van der Waals surface area contributed by atoms with Crippen LogP contribution in [0, 0.1) is 0 Å². The van der Waals surface area contributed by atoms with Crippen LogP contribution in [0.15, 0.2) is 4.99 Å². The van der Waals surface area contributed by atoms with Gasteiger partial charge in [-0.1, -0.05) is 0 Å². The van der Waals surface area contributed by atoms with Gasteiger partial charge in [0.15, 0.2) is 5.96 Å². The van der Waals surface area contributed by atoms with Crippen molar-refractivity contribution in [3.05, 3.63) is 0 Å². The van der Waals surface area contributed by atoms with Gasteiger partial charge in [0.25, 0.3) is 0 Å². The Balaban J connectivity index is 3.74. The van der Waals surface area contributed by atoms with E-state index in [9.17, 15) is 47.9 Å². The Hall–Kier alpha value is -5.45. The lowest BCUT2D eigenvalue weighted by Crippen LogP contribution is -2.61. The van der Waals surface area contributed by atoms with E-state index in [1.54, 1.807) is 0 Å². The first-order valence-electron chi connectivity index (χ1n) is 23.5. The number of hydrogen-bond acceptors (Lipinski definition) is 16. The molecule has 10 amide bonds. The van der Waals surface area contributed by atoms with Crippen molar-refractivity contribution in [3.63, 3.8) is 0 Å². The number of thiol groups is 2. The first-order chi connectivity index (χ1) is 33.1. The molecule has 0 spiro atoms. The van der Waals surface area contributed by atoms with Gasteiger partial charge in [-0.05, 0) is 118 Å². The fraction of sp³-hybridized carbons (Fsp3) is 0.738. The summed E-state index contributed by atoms with van der Waals surface area (Å²) in [6, 6.07) is -12.7. The van der Waals surface area contributed by atoms with Crippen LogP contribution in [0.5, 0.6) is 0 Å². The highest BCUT2D eigenvalue weighted by molar-refractivity contribution is 7.80. The minimum Gasteiger partial charge on any atom is -0.370 e. The molecule has 0 aromatic carbocycles. The summed E-state index contributed by atoms with van der Waals surface area (Å²) in [6.07, 6.45) is 2.99. The second kappa shape index (κ2) is 34.0. The molecule has 0 aromatic rings. The van der Waals surface area contributed by atoms with E-state index in [2.05, 4.69) is 83.4 Å². The number of amides is 10. The summed E-state index contributed by atoms with van der Waals surface area (Å²) in [5.41, 5.74) is 28.0. The van der Waals surface area contributed by atoms with Crippen molar-refractivity contribution in [1.82, 2.24) is 53.2 Å². The van der Waals surface area contributed by atoms with Gasteiger partial charge in [0.1, 0.15) is 60.4 Å². The molecule has 1 aliphatic heterocycles. The van der Waals surface area contributed by atoms with Crippen LogP contribution in [-0.2, 0) is 47.9 Å². The summed E-state index contributed by atoms with van der Waals surface area (Å²) in [5.74, 6) is -8.70. The molecule has 0 aromatic heterocycles. The molecule has 1 aliphatic rings. The third-order valence-corrected chi connectivity index (χ3v) is 11.7. The zero-order chi connectivity index (χ0) is 52.9. The average Bonchev–Trinajstić information content (AvgIpc) is 3.31. The highest BCUT2D eigenvalue weighted by Gasteiger charge is 2.34. The van der Waals surface area contributed by atoms with E-state index in [1.165, 1.54) is 27.7 Å². The Morgan fingerprint density at radius 1 is 0.371 bits per heavy atom. The van der Waals surface area contributed by atoms with Gasteiger partial charge in [-0.25, -0.2) is 0 Å². The fourth-order valence-electron chi connectivity index (χ4n) is 6.70. The molecule has 28 heteroatoms. The average molecular weight is 1030 g/mol. The molecule has 398 valence electrons. The van der Waals surface area contributed by atoms with Gasteiger partial charge in [-0.15, -0.1) is 0 Å². The molecular weight excluding hydrogens is 953 g/mol. The molecule has 10 atom stereocenters. The highest BCUT2D eigenvalue weighted by Crippen LogP contribution is 2.09. The Labute approximate surface area is 420 Å². The number of unbranched alkanes of at least 4 members (excludes halogenated alkanes) is 3. The van der Waals surface area contributed by atoms with Crippen molar-refractivity contribution in [2.75, 3.05) is 37.7 Å². The number of rotatable bonds is 18. The van der Waals surface area contributed by atoms with Gasteiger partial charge < -0.3 is 81.8 Å². The predicted octanol–water partition coefficient (Wildman–Crippen LogP) is -5.77. The quantitative estimate of drug-likeness (QED) is 0.0263. The SMILES string of the molecule is C[C@@H]1NC(=O)[C@H](C)NC(=O)[C@H](CCCCN)NC(=O)[C@H](CCCCN)NC(=O)[C@H](CCCN=C(N)N)NC(=O)[C@H](C)NC(=O)[C@H](CS)NC(=O)[C@H](CS)NC(=O)[C@H](C)NC(=O)[C@H](CCCCN)NC1=O. The maximum absolute atomic E-state index is 14.0. The van der Waals surface area contributed by atoms with Crippen molar-refractivity contribution < 1.29 is 47.9 Å². The molecule has 26 nitrogen and oxygen atoms in total. The lowest BCUT2D eigenvalue weighted by atomic mass is 10.0. The maximum atomic E-state index is 14.0. The minimum absolute atomic E-state index is 0.0413. The van der Waals surface area contributed by atoms with Gasteiger partial charge in [-0.2, -0.15) is 25.3 Å². The van der Waals surface area contributed by atoms with Crippen molar-refractivity contribution in [2.45, 2.75) is 159 Å². The molecule has 1 saturated heterocycles. The molecule has 1 fully saturated rings. The van der Waals surface area contributed by atoms with Gasteiger partial charge in [0, 0.05) is 18.1 Å². The number of hydrogen-bond donors (Lipinski definition) is 17. The summed E-state index contributed by atoms with van der Waals surface area (Å²) in [6.45, 7) is 6.30. The third-order valence-electron chi connectivity index (χ3n) is 11.0. The van der Waals surface area contributed by atoms with Crippen LogP contribution in [0.1, 0.15) is 98.3 Å². The molecule has 0 saturated carbocycles. The number of nitrogens with one attached hydrogen (secondary N) is 10. The van der Waals surface area contributed by atoms with Crippen LogP contribution in [0.4, 0.5) is 0 Å². The molecule has 0 radical (unpaired) electrons. The van der Waals surface area contributed by atoms with Gasteiger partial charge in [0.05, 0.1) is 0 Å². The minimum atomic E-state index is -1.34. The molecule has 70 heavy (non-hydrogen) atoms. The van der Waals surface area contributed by atoms with Crippen LogP contribution < -0.4 is 81.8 Å². The van der Waals surface area contributed by atoms with Crippen molar-refractivity contribution in [3.8, 4) is 0 Å². The lowest BCUT2D eigenvalue weighted by molar-refractivity contribution is -0.136. The molecule has 20 N–H and O–H groups in total.